The molecule has 0 saturated carbocycles. The molecule has 0 aromatic heterocycles. The topological polar surface area (TPSA) is 42.0 Å². The van der Waals surface area contributed by atoms with Crippen LogP contribution in [0.1, 0.15) is 0 Å². The van der Waals surface area contributed by atoms with E-state index in [1.807, 2.05) is 41.3 Å². The summed E-state index contributed by atoms with van der Waals surface area (Å²) >= 11 is 2.23. The Morgan fingerprint density at radius 1 is 1.04 bits per heavy atom. The maximum absolute atomic E-state index is 12.3. The molecule has 1 saturated heterocycles. The van der Waals surface area contributed by atoms with E-state index in [1.54, 1.807) is 7.11 Å². The molecular weight excluding hydrogens is 431 g/mol. The van der Waals surface area contributed by atoms with Crippen molar-refractivity contribution >= 4 is 34.2 Å². The first kappa shape index (κ1) is 17.8. The second kappa shape index (κ2) is 8.42. The number of hydrogen-bond donors (Lipinski definition) is 0. The van der Waals surface area contributed by atoms with Gasteiger partial charge in [0.25, 0.3) is 5.91 Å². The fourth-order valence-electron chi connectivity index (χ4n) is 2.80. The lowest BCUT2D eigenvalue weighted by Crippen LogP contribution is -2.50. The summed E-state index contributed by atoms with van der Waals surface area (Å²) in [5.74, 6) is 1.62. The van der Waals surface area contributed by atoms with Gasteiger partial charge in [0.1, 0.15) is 11.5 Å². The van der Waals surface area contributed by atoms with Gasteiger partial charge in [0, 0.05) is 35.4 Å². The molecule has 0 unspecified atom stereocenters. The number of hydrogen-bond acceptors (Lipinski definition) is 4. The summed E-state index contributed by atoms with van der Waals surface area (Å²) in [5, 5.41) is 0. The van der Waals surface area contributed by atoms with E-state index in [-0.39, 0.29) is 12.5 Å². The summed E-state index contributed by atoms with van der Waals surface area (Å²) in [6.45, 7) is 3.15. The lowest BCUT2D eigenvalue weighted by atomic mass is 10.2. The van der Waals surface area contributed by atoms with Gasteiger partial charge >= 0.3 is 0 Å². The summed E-state index contributed by atoms with van der Waals surface area (Å²) in [7, 11) is 1.66. The van der Waals surface area contributed by atoms with Crippen molar-refractivity contribution in [2.24, 2.45) is 0 Å². The van der Waals surface area contributed by atoms with Crippen LogP contribution in [0.2, 0.25) is 0 Å². The maximum atomic E-state index is 12.3. The minimum absolute atomic E-state index is 0.0354. The molecule has 1 aliphatic heterocycles. The molecule has 0 aliphatic carbocycles. The first-order valence-corrected chi connectivity index (χ1v) is 9.29. The number of rotatable bonds is 5. The predicted octanol–water partition coefficient (Wildman–Crippen LogP) is 3.03. The van der Waals surface area contributed by atoms with E-state index in [0.29, 0.717) is 13.1 Å². The van der Waals surface area contributed by atoms with Crippen molar-refractivity contribution in [2.45, 2.75) is 0 Å². The molecule has 0 N–H and O–H groups in total. The fraction of sp³-hybridized carbons (Fsp3) is 0.316. The summed E-state index contributed by atoms with van der Waals surface area (Å²) in [6.07, 6.45) is 0. The molecule has 1 aliphatic rings. The second-order valence-electron chi connectivity index (χ2n) is 5.81. The number of anilines is 1. The van der Waals surface area contributed by atoms with Crippen LogP contribution in [0.3, 0.4) is 0 Å². The Labute approximate surface area is 161 Å². The lowest BCUT2D eigenvalue weighted by molar-refractivity contribution is -0.133. The molecule has 6 heteroatoms. The van der Waals surface area contributed by atoms with Crippen molar-refractivity contribution in [3.63, 3.8) is 0 Å². The number of piperazine rings is 1. The van der Waals surface area contributed by atoms with Gasteiger partial charge in [0.05, 0.1) is 7.11 Å². The zero-order valence-electron chi connectivity index (χ0n) is 14.2. The third kappa shape index (κ3) is 4.78. The summed E-state index contributed by atoms with van der Waals surface area (Å²) in [6, 6.07) is 15.7. The van der Waals surface area contributed by atoms with E-state index in [9.17, 15) is 4.79 Å². The number of carbonyl (C=O) groups is 1. The highest BCUT2D eigenvalue weighted by molar-refractivity contribution is 14.1. The minimum Gasteiger partial charge on any atom is -0.497 e. The normalized spacial score (nSPS) is 14.3. The van der Waals surface area contributed by atoms with Crippen molar-refractivity contribution in [2.75, 3.05) is 44.8 Å². The second-order valence-corrected chi connectivity index (χ2v) is 7.06. The Morgan fingerprint density at radius 2 is 1.76 bits per heavy atom. The molecule has 0 bridgehead atoms. The molecule has 0 atom stereocenters. The van der Waals surface area contributed by atoms with Gasteiger partial charge in [-0.3, -0.25) is 4.79 Å². The summed E-state index contributed by atoms with van der Waals surface area (Å²) in [4.78, 5) is 16.5. The number of carbonyl (C=O) groups excluding carboxylic acids is 1. The van der Waals surface area contributed by atoms with E-state index in [2.05, 4.69) is 39.6 Å². The van der Waals surface area contributed by atoms with E-state index >= 15 is 0 Å². The van der Waals surface area contributed by atoms with Crippen LogP contribution >= 0.6 is 22.6 Å². The van der Waals surface area contributed by atoms with Gasteiger partial charge in [-0.15, -0.1) is 0 Å². The highest BCUT2D eigenvalue weighted by Gasteiger charge is 2.21. The zero-order valence-corrected chi connectivity index (χ0v) is 16.3. The van der Waals surface area contributed by atoms with Crippen molar-refractivity contribution in [3.05, 3.63) is 52.1 Å². The standard InChI is InChI=1S/C19H21IN2O3/c1-24-17-7-5-16(6-8-17)21-9-11-22(12-10-21)19(23)14-25-18-4-2-3-15(20)13-18/h2-8,13H,9-12,14H2,1H3. The quantitative estimate of drug-likeness (QED) is 0.655. The van der Waals surface area contributed by atoms with Crippen molar-refractivity contribution in [1.29, 1.82) is 0 Å². The van der Waals surface area contributed by atoms with Crippen LogP contribution in [0.25, 0.3) is 0 Å². The average molecular weight is 452 g/mol. The Kier molecular flexibility index (Phi) is 6.01. The monoisotopic (exact) mass is 452 g/mol. The average Bonchev–Trinajstić information content (AvgIpc) is 2.66. The summed E-state index contributed by atoms with van der Waals surface area (Å²) in [5.41, 5.74) is 1.16. The zero-order chi connectivity index (χ0) is 17.6. The summed E-state index contributed by atoms with van der Waals surface area (Å²) < 4.78 is 11.9. The molecule has 1 heterocycles. The van der Waals surface area contributed by atoms with E-state index < -0.39 is 0 Å². The predicted molar refractivity (Wildman–Crippen MR) is 106 cm³/mol. The first-order chi connectivity index (χ1) is 12.2. The largest absolute Gasteiger partial charge is 0.497 e. The van der Waals surface area contributed by atoms with Crippen LogP contribution in [-0.4, -0.2) is 50.7 Å². The molecule has 0 spiro atoms. The van der Waals surface area contributed by atoms with E-state index in [1.165, 1.54) is 0 Å². The molecule has 1 amide bonds. The maximum Gasteiger partial charge on any atom is 0.260 e. The van der Waals surface area contributed by atoms with Gasteiger partial charge in [-0.2, -0.15) is 0 Å². The number of amides is 1. The molecule has 25 heavy (non-hydrogen) atoms. The lowest BCUT2D eigenvalue weighted by Gasteiger charge is -2.36. The Bertz CT molecular complexity index is 713. The SMILES string of the molecule is COc1ccc(N2CCN(C(=O)COc3cccc(I)c3)CC2)cc1. The third-order valence-corrected chi connectivity index (χ3v) is 4.90. The molecule has 5 nitrogen and oxygen atoms in total. The van der Waals surface area contributed by atoms with Gasteiger partial charge in [-0.05, 0) is 65.1 Å². The molecule has 1 fully saturated rings. The number of halogens is 1. The van der Waals surface area contributed by atoms with Crippen LogP contribution in [0, 0.1) is 3.57 Å². The highest BCUT2D eigenvalue weighted by atomic mass is 127. The number of methoxy groups -OCH3 is 1. The van der Waals surface area contributed by atoms with Crippen molar-refractivity contribution in [1.82, 2.24) is 4.90 Å². The van der Waals surface area contributed by atoms with Crippen LogP contribution in [0.15, 0.2) is 48.5 Å². The van der Waals surface area contributed by atoms with Crippen molar-refractivity contribution < 1.29 is 14.3 Å². The number of nitrogens with zero attached hydrogens (tertiary/aromatic N) is 2. The van der Waals surface area contributed by atoms with Gasteiger partial charge in [0.2, 0.25) is 0 Å². The third-order valence-electron chi connectivity index (χ3n) is 4.23. The molecule has 2 aromatic rings. The first-order valence-electron chi connectivity index (χ1n) is 8.21. The Balaban J connectivity index is 1.48. The van der Waals surface area contributed by atoms with Gasteiger partial charge in [0.15, 0.2) is 6.61 Å². The Morgan fingerprint density at radius 3 is 2.40 bits per heavy atom. The molecule has 3 rings (SSSR count). The van der Waals surface area contributed by atoms with E-state index in [4.69, 9.17) is 9.47 Å². The molecule has 0 radical (unpaired) electrons. The van der Waals surface area contributed by atoms with Crippen LogP contribution in [-0.2, 0) is 4.79 Å². The van der Waals surface area contributed by atoms with Crippen LogP contribution < -0.4 is 14.4 Å². The van der Waals surface area contributed by atoms with Gasteiger partial charge in [-0.25, -0.2) is 0 Å². The number of benzene rings is 2. The van der Waals surface area contributed by atoms with Crippen molar-refractivity contribution in [3.8, 4) is 11.5 Å². The fourth-order valence-corrected chi connectivity index (χ4v) is 3.31. The smallest absolute Gasteiger partial charge is 0.260 e. The molecule has 132 valence electrons. The highest BCUT2D eigenvalue weighted by Crippen LogP contribution is 2.20. The van der Waals surface area contributed by atoms with Gasteiger partial charge in [-0.1, -0.05) is 6.07 Å². The Hall–Kier alpha value is -1.96. The van der Waals surface area contributed by atoms with E-state index in [0.717, 1.165) is 33.8 Å². The van der Waals surface area contributed by atoms with Crippen LogP contribution in [0.4, 0.5) is 5.69 Å². The number of ether oxygens (including phenoxy) is 2. The van der Waals surface area contributed by atoms with Gasteiger partial charge < -0.3 is 19.3 Å². The minimum atomic E-state index is 0.0354. The molecular formula is C19H21IN2O3. The van der Waals surface area contributed by atoms with Crippen LogP contribution in [0.5, 0.6) is 11.5 Å². The molecule has 2 aromatic carbocycles.